The molecule has 0 aliphatic rings. The first-order valence-corrected chi connectivity index (χ1v) is 8.52. The van der Waals surface area contributed by atoms with Crippen LogP contribution in [0.4, 0.5) is 0 Å². The van der Waals surface area contributed by atoms with Crippen molar-refractivity contribution in [2.45, 2.75) is 45.4 Å². The summed E-state index contributed by atoms with van der Waals surface area (Å²) < 4.78 is 9.40. The first-order valence-electron chi connectivity index (χ1n) is 8.52. The van der Waals surface area contributed by atoms with Gasteiger partial charge in [-0.05, 0) is 37.7 Å². The predicted molar refractivity (Wildman–Crippen MR) is 95.3 cm³/mol. The van der Waals surface area contributed by atoms with Gasteiger partial charge in [-0.25, -0.2) is 0 Å². The summed E-state index contributed by atoms with van der Waals surface area (Å²) in [5, 5.41) is 0. The molecule has 0 radical (unpaired) electrons. The van der Waals surface area contributed by atoms with Crippen LogP contribution >= 0.6 is 0 Å². The van der Waals surface area contributed by atoms with Gasteiger partial charge in [0, 0.05) is 0 Å². The Morgan fingerprint density at radius 3 is 2.12 bits per heavy atom. The Kier molecular flexibility index (Phi) is 9.51. The Morgan fingerprint density at radius 1 is 1.00 bits per heavy atom. The number of carbonyl (C=O) groups is 2. The van der Waals surface area contributed by atoms with E-state index < -0.39 is 17.9 Å². The number of hydrogen-bond donors (Lipinski definition) is 0. The standard InChI is InChI=1S/C20H28O4/c1-4-5-10-16(15-17-11-7-6-8-12-17)13-9-14-18(19(21)23-2)20(22)24-3/h6-8,11-12,15,18H,4-5,9-10,13-14H2,1-3H3/b16-15+. The lowest BCUT2D eigenvalue weighted by atomic mass is 9.96. The van der Waals surface area contributed by atoms with Crippen molar-refractivity contribution in [2.75, 3.05) is 14.2 Å². The molecule has 0 spiro atoms. The van der Waals surface area contributed by atoms with Gasteiger partial charge in [0.15, 0.2) is 5.92 Å². The second-order valence-electron chi connectivity index (χ2n) is 5.81. The fourth-order valence-electron chi connectivity index (χ4n) is 2.61. The highest BCUT2D eigenvalue weighted by molar-refractivity contribution is 5.94. The van der Waals surface area contributed by atoms with Gasteiger partial charge in [0.2, 0.25) is 0 Å². The number of esters is 2. The van der Waals surface area contributed by atoms with Crippen molar-refractivity contribution in [3.63, 3.8) is 0 Å². The molecule has 24 heavy (non-hydrogen) atoms. The van der Waals surface area contributed by atoms with E-state index in [0.29, 0.717) is 6.42 Å². The van der Waals surface area contributed by atoms with E-state index in [9.17, 15) is 9.59 Å². The number of allylic oxidation sites excluding steroid dienone is 1. The molecular weight excluding hydrogens is 304 g/mol. The maximum atomic E-state index is 11.7. The van der Waals surface area contributed by atoms with Crippen LogP contribution in [0.15, 0.2) is 35.9 Å². The molecule has 4 nitrogen and oxygen atoms in total. The molecule has 1 rings (SSSR count). The fraction of sp³-hybridized carbons (Fsp3) is 0.500. The molecule has 0 aliphatic heterocycles. The lowest BCUT2D eigenvalue weighted by Gasteiger charge is -2.13. The van der Waals surface area contributed by atoms with E-state index in [4.69, 9.17) is 9.47 Å². The molecule has 0 unspecified atom stereocenters. The summed E-state index contributed by atoms with van der Waals surface area (Å²) in [5.74, 6) is -1.88. The minimum absolute atomic E-state index is 0.442. The van der Waals surface area contributed by atoms with Gasteiger partial charge in [-0.15, -0.1) is 0 Å². The van der Waals surface area contributed by atoms with E-state index in [-0.39, 0.29) is 0 Å². The van der Waals surface area contributed by atoms with E-state index in [0.717, 1.165) is 32.1 Å². The maximum absolute atomic E-state index is 11.7. The number of rotatable bonds is 10. The third-order valence-electron chi connectivity index (χ3n) is 3.98. The Morgan fingerprint density at radius 2 is 1.58 bits per heavy atom. The summed E-state index contributed by atoms with van der Waals surface area (Å²) in [5.41, 5.74) is 2.53. The molecule has 0 amide bonds. The summed E-state index contributed by atoms with van der Waals surface area (Å²) in [4.78, 5) is 23.4. The lowest BCUT2D eigenvalue weighted by Crippen LogP contribution is -2.26. The van der Waals surface area contributed by atoms with E-state index in [1.54, 1.807) is 0 Å². The second-order valence-corrected chi connectivity index (χ2v) is 5.81. The Balaban J connectivity index is 2.68. The van der Waals surface area contributed by atoms with Gasteiger partial charge in [0.05, 0.1) is 14.2 Å². The summed E-state index contributed by atoms with van der Waals surface area (Å²) in [6, 6.07) is 10.2. The predicted octanol–water partition coefficient (Wildman–Crippen LogP) is 4.39. The minimum atomic E-state index is -0.829. The Labute approximate surface area is 144 Å². The van der Waals surface area contributed by atoms with Crippen LogP contribution in [-0.4, -0.2) is 26.2 Å². The Bertz CT molecular complexity index is 518. The van der Waals surface area contributed by atoms with Gasteiger partial charge in [0.25, 0.3) is 0 Å². The molecule has 132 valence electrons. The summed E-state index contributed by atoms with van der Waals surface area (Å²) in [6.07, 6.45) is 7.57. The summed E-state index contributed by atoms with van der Waals surface area (Å²) in [6.45, 7) is 2.17. The van der Waals surface area contributed by atoms with Crippen molar-refractivity contribution in [1.82, 2.24) is 0 Å². The van der Waals surface area contributed by atoms with Crippen LogP contribution in [0, 0.1) is 5.92 Å². The third-order valence-corrected chi connectivity index (χ3v) is 3.98. The molecular formula is C20H28O4. The smallest absolute Gasteiger partial charge is 0.320 e. The van der Waals surface area contributed by atoms with Crippen LogP contribution in [0.3, 0.4) is 0 Å². The SMILES string of the molecule is CCCC/C(=C\c1ccccc1)CCCC(C(=O)OC)C(=O)OC. The molecule has 0 aliphatic carbocycles. The van der Waals surface area contributed by atoms with E-state index in [2.05, 4.69) is 25.1 Å². The van der Waals surface area contributed by atoms with Crippen molar-refractivity contribution in [1.29, 1.82) is 0 Å². The number of hydrogen-bond acceptors (Lipinski definition) is 4. The van der Waals surface area contributed by atoms with Gasteiger partial charge < -0.3 is 9.47 Å². The molecule has 1 aromatic rings. The molecule has 0 atom stereocenters. The monoisotopic (exact) mass is 332 g/mol. The highest BCUT2D eigenvalue weighted by atomic mass is 16.5. The van der Waals surface area contributed by atoms with Crippen LogP contribution in [0.5, 0.6) is 0 Å². The third kappa shape index (κ3) is 6.99. The Hall–Kier alpha value is -2.10. The molecule has 1 aromatic carbocycles. The average Bonchev–Trinajstić information content (AvgIpc) is 2.62. The highest BCUT2D eigenvalue weighted by Gasteiger charge is 2.27. The number of methoxy groups -OCH3 is 2. The van der Waals surface area contributed by atoms with Gasteiger partial charge in [-0.1, -0.05) is 55.3 Å². The normalized spacial score (nSPS) is 11.4. The van der Waals surface area contributed by atoms with Gasteiger partial charge in [-0.2, -0.15) is 0 Å². The molecule has 0 N–H and O–H groups in total. The number of carbonyl (C=O) groups excluding carboxylic acids is 2. The molecule has 4 heteroatoms. The zero-order chi connectivity index (χ0) is 17.8. The molecule has 0 bridgehead atoms. The topological polar surface area (TPSA) is 52.6 Å². The van der Waals surface area contributed by atoms with E-state index >= 15 is 0 Å². The van der Waals surface area contributed by atoms with Crippen LogP contribution < -0.4 is 0 Å². The van der Waals surface area contributed by atoms with Gasteiger partial charge in [-0.3, -0.25) is 9.59 Å². The molecule has 0 heterocycles. The van der Waals surface area contributed by atoms with Crippen molar-refractivity contribution in [2.24, 2.45) is 5.92 Å². The first-order chi connectivity index (χ1) is 11.6. The van der Waals surface area contributed by atoms with Crippen LogP contribution in [0.1, 0.15) is 51.0 Å². The summed E-state index contributed by atoms with van der Waals surface area (Å²) in [7, 11) is 2.58. The number of benzene rings is 1. The van der Waals surface area contributed by atoms with Crippen LogP contribution in [-0.2, 0) is 19.1 Å². The molecule has 0 aromatic heterocycles. The van der Waals surface area contributed by atoms with Crippen molar-refractivity contribution < 1.29 is 19.1 Å². The van der Waals surface area contributed by atoms with E-state index in [1.165, 1.54) is 25.4 Å². The zero-order valence-electron chi connectivity index (χ0n) is 14.9. The molecule has 0 saturated carbocycles. The van der Waals surface area contributed by atoms with Gasteiger partial charge >= 0.3 is 11.9 Å². The number of unbranched alkanes of at least 4 members (excludes halogenated alkanes) is 1. The molecule has 0 saturated heterocycles. The minimum Gasteiger partial charge on any atom is -0.468 e. The lowest BCUT2D eigenvalue weighted by molar-refractivity contribution is -0.159. The van der Waals surface area contributed by atoms with E-state index in [1.807, 2.05) is 18.2 Å². The molecule has 0 fully saturated rings. The maximum Gasteiger partial charge on any atom is 0.320 e. The first kappa shape index (κ1) is 19.9. The largest absolute Gasteiger partial charge is 0.468 e. The van der Waals surface area contributed by atoms with Crippen molar-refractivity contribution in [3.05, 3.63) is 41.5 Å². The fourth-order valence-corrected chi connectivity index (χ4v) is 2.61. The average molecular weight is 332 g/mol. The quantitative estimate of drug-likeness (QED) is 0.471. The van der Waals surface area contributed by atoms with Crippen LogP contribution in [0.25, 0.3) is 6.08 Å². The highest BCUT2D eigenvalue weighted by Crippen LogP contribution is 2.21. The zero-order valence-corrected chi connectivity index (χ0v) is 14.9. The van der Waals surface area contributed by atoms with Crippen molar-refractivity contribution >= 4 is 18.0 Å². The number of ether oxygens (including phenoxy) is 2. The van der Waals surface area contributed by atoms with Crippen molar-refractivity contribution in [3.8, 4) is 0 Å². The van der Waals surface area contributed by atoms with Crippen LogP contribution in [0.2, 0.25) is 0 Å². The second kappa shape index (κ2) is 11.4. The van der Waals surface area contributed by atoms with Gasteiger partial charge in [0.1, 0.15) is 0 Å². The summed E-state index contributed by atoms with van der Waals surface area (Å²) >= 11 is 0.